The molecule has 0 unspecified atom stereocenters. The van der Waals surface area contributed by atoms with E-state index in [4.69, 9.17) is 0 Å². The first-order valence-corrected chi connectivity index (χ1v) is 7.56. The highest BCUT2D eigenvalue weighted by atomic mass is 16.2. The number of hydrogen-bond acceptors (Lipinski definition) is 3. The van der Waals surface area contributed by atoms with Crippen molar-refractivity contribution < 1.29 is 14.4 Å². The number of hydrogen-bond donors (Lipinski definition) is 1. The monoisotopic (exact) mass is 305 g/mol. The fraction of sp³-hybridized carbons (Fsp3) is 0.562. The third-order valence-electron chi connectivity index (χ3n) is 4.18. The fourth-order valence-corrected chi connectivity index (χ4v) is 3.02. The summed E-state index contributed by atoms with van der Waals surface area (Å²) in [6.07, 6.45) is 2.06. The zero-order valence-corrected chi connectivity index (χ0v) is 13.7. The molecule has 1 saturated heterocycles. The van der Waals surface area contributed by atoms with Crippen LogP contribution < -0.4 is 0 Å². The maximum atomic E-state index is 12.5. The molecule has 0 spiro atoms. The van der Waals surface area contributed by atoms with Gasteiger partial charge in [0.1, 0.15) is 5.69 Å². The number of likely N-dealkylation sites (tertiary alicyclic amines) is 1. The van der Waals surface area contributed by atoms with Gasteiger partial charge in [-0.2, -0.15) is 0 Å². The fourth-order valence-electron chi connectivity index (χ4n) is 3.02. The highest BCUT2D eigenvalue weighted by Crippen LogP contribution is 2.19. The standard InChI is InChI=1S/C16H23N3O3/c1-10-14(12(3)20)11(2)17-15(10)16(22)18(4)9-13(21)19-7-5-6-8-19/h17H,5-9H2,1-4H3. The van der Waals surface area contributed by atoms with Gasteiger partial charge in [-0.3, -0.25) is 14.4 Å². The lowest BCUT2D eigenvalue weighted by Gasteiger charge is -2.21. The van der Waals surface area contributed by atoms with E-state index in [2.05, 4.69) is 4.98 Å². The largest absolute Gasteiger partial charge is 0.354 e. The number of likely N-dealkylation sites (N-methyl/N-ethyl adjacent to an activating group) is 1. The van der Waals surface area contributed by atoms with Gasteiger partial charge in [-0.25, -0.2) is 0 Å². The summed E-state index contributed by atoms with van der Waals surface area (Å²) in [5, 5.41) is 0. The molecule has 0 bridgehead atoms. The van der Waals surface area contributed by atoms with Crippen LogP contribution in [-0.2, 0) is 4.79 Å². The van der Waals surface area contributed by atoms with E-state index in [9.17, 15) is 14.4 Å². The number of rotatable bonds is 4. The van der Waals surface area contributed by atoms with Crippen LogP contribution in [0.5, 0.6) is 0 Å². The van der Waals surface area contributed by atoms with Crippen molar-refractivity contribution in [1.29, 1.82) is 0 Å². The average Bonchev–Trinajstić information content (AvgIpc) is 3.05. The molecule has 1 aromatic heterocycles. The predicted molar refractivity (Wildman–Crippen MR) is 83.0 cm³/mol. The van der Waals surface area contributed by atoms with Crippen LogP contribution in [0.2, 0.25) is 0 Å². The quantitative estimate of drug-likeness (QED) is 0.857. The Bertz CT molecular complexity index is 612. The van der Waals surface area contributed by atoms with Gasteiger partial charge in [0.15, 0.2) is 5.78 Å². The van der Waals surface area contributed by atoms with Crippen LogP contribution in [0.25, 0.3) is 0 Å². The van der Waals surface area contributed by atoms with E-state index in [1.807, 2.05) is 0 Å². The Kier molecular flexibility index (Phi) is 4.68. The summed E-state index contributed by atoms with van der Waals surface area (Å²) in [6, 6.07) is 0. The summed E-state index contributed by atoms with van der Waals surface area (Å²) in [6.45, 7) is 6.62. The van der Waals surface area contributed by atoms with Crippen molar-refractivity contribution in [1.82, 2.24) is 14.8 Å². The Labute approximate surface area is 130 Å². The van der Waals surface area contributed by atoms with Crippen LogP contribution in [0.15, 0.2) is 0 Å². The number of nitrogens with one attached hydrogen (secondary N) is 1. The molecule has 2 rings (SSSR count). The number of ketones is 1. The van der Waals surface area contributed by atoms with E-state index in [-0.39, 0.29) is 24.1 Å². The van der Waals surface area contributed by atoms with Gasteiger partial charge >= 0.3 is 0 Å². The van der Waals surface area contributed by atoms with Gasteiger partial charge in [0.2, 0.25) is 5.91 Å². The van der Waals surface area contributed by atoms with Gasteiger partial charge in [-0.1, -0.05) is 0 Å². The van der Waals surface area contributed by atoms with Crippen LogP contribution in [0.4, 0.5) is 0 Å². The number of carbonyl (C=O) groups excluding carboxylic acids is 3. The van der Waals surface area contributed by atoms with E-state index in [1.165, 1.54) is 11.8 Å². The van der Waals surface area contributed by atoms with Crippen molar-refractivity contribution in [3.8, 4) is 0 Å². The van der Waals surface area contributed by atoms with Gasteiger partial charge < -0.3 is 14.8 Å². The topological polar surface area (TPSA) is 73.5 Å². The number of H-pyrrole nitrogens is 1. The maximum Gasteiger partial charge on any atom is 0.270 e. The van der Waals surface area contributed by atoms with Crippen molar-refractivity contribution in [2.24, 2.45) is 0 Å². The lowest BCUT2D eigenvalue weighted by Crippen LogP contribution is -2.40. The highest BCUT2D eigenvalue weighted by molar-refractivity contribution is 6.03. The summed E-state index contributed by atoms with van der Waals surface area (Å²) in [4.78, 5) is 42.5. The van der Waals surface area contributed by atoms with E-state index in [0.717, 1.165) is 25.9 Å². The average molecular weight is 305 g/mol. The first-order chi connectivity index (χ1) is 10.3. The maximum absolute atomic E-state index is 12.5. The van der Waals surface area contributed by atoms with Crippen molar-refractivity contribution in [3.05, 3.63) is 22.5 Å². The molecular weight excluding hydrogens is 282 g/mol. The minimum Gasteiger partial charge on any atom is -0.354 e. The molecular formula is C16H23N3O3. The molecule has 1 N–H and O–H groups in total. The number of carbonyl (C=O) groups is 3. The second-order valence-electron chi connectivity index (χ2n) is 5.93. The van der Waals surface area contributed by atoms with E-state index in [1.54, 1.807) is 25.8 Å². The summed E-state index contributed by atoms with van der Waals surface area (Å²) < 4.78 is 0. The first-order valence-electron chi connectivity index (χ1n) is 7.56. The highest BCUT2D eigenvalue weighted by Gasteiger charge is 2.25. The van der Waals surface area contributed by atoms with Crippen molar-refractivity contribution in [2.75, 3.05) is 26.7 Å². The first kappa shape index (κ1) is 16.3. The van der Waals surface area contributed by atoms with Crippen molar-refractivity contribution >= 4 is 17.6 Å². The number of nitrogens with zero attached hydrogens (tertiary/aromatic N) is 2. The molecule has 1 aromatic rings. The molecule has 1 aliphatic rings. The van der Waals surface area contributed by atoms with E-state index in [0.29, 0.717) is 22.5 Å². The number of aryl methyl sites for hydroxylation is 1. The van der Waals surface area contributed by atoms with Crippen molar-refractivity contribution in [3.63, 3.8) is 0 Å². The van der Waals surface area contributed by atoms with Crippen LogP contribution in [0, 0.1) is 13.8 Å². The lowest BCUT2D eigenvalue weighted by atomic mass is 10.1. The van der Waals surface area contributed by atoms with Gasteiger partial charge in [0.05, 0.1) is 6.54 Å². The molecule has 2 amide bonds. The number of aromatic amines is 1. The molecule has 2 heterocycles. The minimum absolute atomic E-state index is 0.0268. The summed E-state index contributed by atoms with van der Waals surface area (Å²) in [5.74, 6) is -0.359. The molecule has 1 fully saturated rings. The van der Waals surface area contributed by atoms with Gasteiger partial charge in [0, 0.05) is 31.4 Å². The van der Waals surface area contributed by atoms with Crippen molar-refractivity contribution in [2.45, 2.75) is 33.6 Å². The molecule has 0 saturated carbocycles. The Morgan fingerprint density at radius 1 is 1.18 bits per heavy atom. The Hall–Kier alpha value is -2.11. The lowest BCUT2D eigenvalue weighted by molar-refractivity contribution is -0.130. The zero-order chi connectivity index (χ0) is 16.4. The number of amides is 2. The molecule has 1 aliphatic heterocycles. The second kappa shape index (κ2) is 6.34. The summed E-state index contributed by atoms with van der Waals surface area (Å²) in [7, 11) is 1.61. The predicted octanol–water partition coefficient (Wildman–Crippen LogP) is 1.53. The van der Waals surface area contributed by atoms with Crippen LogP contribution in [0.3, 0.4) is 0 Å². The molecule has 6 heteroatoms. The smallest absolute Gasteiger partial charge is 0.270 e. The molecule has 0 atom stereocenters. The summed E-state index contributed by atoms with van der Waals surface area (Å²) in [5.41, 5.74) is 2.28. The van der Waals surface area contributed by atoms with Crippen LogP contribution >= 0.6 is 0 Å². The van der Waals surface area contributed by atoms with Gasteiger partial charge in [-0.15, -0.1) is 0 Å². The third-order valence-corrected chi connectivity index (χ3v) is 4.18. The second-order valence-corrected chi connectivity index (χ2v) is 5.93. The van der Waals surface area contributed by atoms with Crippen LogP contribution in [-0.4, -0.2) is 59.1 Å². The zero-order valence-electron chi connectivity index (χ0n) is 13.7. The Morgan fingerprint density at radius 3 is 2.27 bits per heavy atom. The molecule has 0 aromatic carbocycles. The van der Waals surface area contributed by atoms with E-state index >= 15 is 0 Å². The summed E-state index contributed by atoms with van der Waals surface area (Å²) >= 11 is 0. The normalized spacial score (nSPS) is 14.3. The molecule has 22 heavy (non-hydrogen) atoms. The molecule has 0 aliphatic carbocycles. The van der Waals surface area contributed by atoms with E-state index < -0.39 is 0 Å². The molecule has 0 radical (unpaired) electrons. The van der Waals surface area contributed by atoms with Gasteiger partial charge in [-0.05, 0) is 39.2 Å². The third kappa shape index (κ3) is 3.05. The molecule has 120 valence electrons. The molecule has 6 nitrogen and oxygen atoms in total. The Morgan fingerprint density at radius 2 is 1.77 bits per heavy atom. The number of aromatic nitrogens is 1. The van der Waals surface area contributed by atoms with Crippen LogP contribution in [0.1, 0.15) is 51.9 Å². The Balaban J connectivity index is 2.12. The SMILES string of the molecule is CC(=O)c1c(C)[nH]c(C(=O)N(C)CC(=O)N2CCCC2)c1C. The van der Waals surface area contributed by atoms with Gasteiger partial charge in [0.25, 0.3) is 5.91 Å². The number of Topliss-reactive ketones (excluding diaryl/α,β-unsaturated/α-hetero) is 1. The minimum atomic E-state index is -0.263.